The highest BCUT2D eigenvalue weighted by Gasteiger charge is 2.15. The first kappa shape index (κ1) is 12.3. The average molecular weight is 226 g/mol. The first-order valence-electron chi connectivity index (χ1n) is 4.79. The Morgan fingerprint density at radius 2 is 2.44 bits per heavy atom. The lowest BCUT2D eigenvalue weighted by molar-refractivity contribution is -0.384. The van der Waals surface area contributed by atoms with E-state index in [1.54, 1.807) is 6.92 Å². The van der Waals surface area contributed by atoms with Gasteiger partial charge in [-0.1, -0.05) is 0 Å². The fraction of sp³-hybridized carbons (Fsp3) is 0.444. The highest BCUT2D eigenvalue weighted by Crippen LogP contribution is 2.19. The van der Waals surface area contributed by atoms with Crippen LogP contribution in [0.25, 0.3) is 0 Å². The molecule has 0 saturated carbocycles. The first-order valence-corrected chi connectivity index (χ1v) is 4.79. The molecule has 1 aromatic rings. The summed E-state index contributed by atoms with van der Waals surface area (Å²) in [6.45, 7) is 1.77. The minimum Gasteiger partial charge on any atom is -0.392 e. The van der Waals surface area contributed by atoms with Gasteiger partial charge in [-0.3, -0.25) is 10.1 Å². The summed E-state index contributed by atoms with van der Waals surface area (Å²) in [6.07, 6.45) is 0.763. The quantitative estimate of drug-likeness (QED) is 0.485. The standard InChI is InChI=1S/C9H14N4O3/c1-6(14)7(10)5-12-9-8(13(15)16)3-2-4-11-9/h2-4,6-7,14H,5,10H2,1H3,(H,11,12). The highest BCUT2D eigenvalue weighted by molar-refractivity contribution is 5.55. The molecule has 0 fully saturated rings. The van der Waals surface area contributed by atoms with Crippen LogP contribution in [0.5, 0.6) is 0 Å². The third-order valence-corrected chi connectivity index (χ3v) is 2.11. The molecule has 16 heavy (non-hydrogen) atoms. The summed E-state index contributed by atoms with van der Waals surface area (Å²) < 4.78 is 0. The van der Waals surface area contributed by atoms with Crippen molar-refractivity contribution in [1.29, 1.82) is 0 Å². The fourth-order valence-electron chi connectivity index (χ4n) is 1.07. The Balaban J connectivity index is 2.70. The monoisotopic (exact) mass is 226 g/mol. The van der Waals surface area contributed by atoms with Gasteiger partial charge in [-0.05, 0) is 13.0 Å². The van der Waals surface area contributed by atoms with Gasteiger partial charge < -0.3 is 16.2 Å². The molecule has 0 aromatic carbocycles. The van der Waals surface area contributed by atoms with Gasteiger partial charge >= 0.3 is 5.69 Å². The molecule has 1 heterocycles. The Bertz CT molecular complexity index is 370. The zero-order valence-electron chi connectivity index (χ0n) is 8.83. The largest absolute Gasteiger partial charge is 0.392 e. The summed E-state index contributed by atoms with van der Waals surface area (Å²) in [7, 11) is 0. The van der Waals surface area contributed by atoms with E-state index >= 15 is 0 Å². The molecule has 4 N–H and O–H groups in total. The molecule has 7 heteroatoms. The molecule has 1 rings (SSSR count). The third-order valence-electron chi connectivity index (χ3n) is 2.11. The summed E-state index contributed by atoms with van der Waals surface area (Å²) >= 11 is 0. The summed E-state index contributed by atoms with van der Waals surface area (Å²) in [5, 5.41) is 22.5. The van der Waals surface area contributed by atoms with Crippen molar-refractivity contribution in [3.63, 3.8) is 0 Å². The average Bonchev–Trinajstić information content (AvgIpc) is 2.25. The van der Waals surface area contributed by atoms with Gasteiger partial charge in [-0.15, -0.1) is 0 Å². The van der Waals surface area contributed by atoms with E-state index in [1.807, 2.05) is 0 Å². The molecule has 0 amide bonds. The van der Waals surface area contributed by atoms with Gasteiger partial charge in [0.05, 0.1) is 11.0 Å². The predicted molar refractivity (Wildman–Crippen MR) is 59.0 cm³/mol. The van der Waals surface area contributed by atoms with E-state index in [9.17, 15) is 10.1 Å². The molecule has 0 saturated heterocycles. The Morgan fingerprint density at radius 1 is 1.75 bits per heavy atom. The van der Waals surface area contributed by atoms with Gasteiger partial charge in [-0.2, -0.15) is 0 Å². The van der Waals surface area contributed by atoms with Crippen LogP contribution in [0.2, 0.25) is 0 Å². The second-order valence-corrected chi connectivity index (χ2v) is 3.41. The number of aliphatic hydroxyl groups excluding tert-OH is 1. The van der Waals surface area contributed by atoms with Gasteiger partial charge in [0.15, 0.2) is 0 Å². The Hall–Kier alpha value is -1.73. The van der Waals surface area contributed by atoms with Crippen molar-refractivity contribution in [2.24, 2.45) is 5.73 Å². The number of nitro groups is 1. The molecule has 2 atom stereocenters. The Morgan fingerprint density at radius 3 is 3.00 bits per heavy atom. The molecular formula is C9H14N4O3. The number of hydrogen-bond donors (Lipinski definition) is 3. The lowest BCUT2D eigenvalue weighted by Crippen LogP contribution is -2.38. The van der Waals surface area contributed by atoms with Crippen molar-refractivity contribution in [2.75, 3.05) is 11.9 Å². The van der Waals surface area contributed by atoms with Crippen molar-refractivity contribution in [3.8, 4) is 0 Å². The van der Waals surface area contributed by atoms with Crippen molar-refractivity contribution in [1.82, 2.24) is 4.98 Å². The zero-order chi connectivity index (χ0) is 12.1. The smallest absolute Gasteiger partial charge is 0.311 e. The summed E-state index contributed by atoms with van der Waals surface area (Å²) in [4.78, 5) is 14.0. The number of anilines is 1. The van der Waals surface area contributed by atoms with E-state index < -0.39 is 17.1 Å². The Labute approximate surface area is 92.4 Å². The first-order chi connectivity index (χ1) is 7.52. The fourth-order valence-corrected chi connectivity index (χ4v) is 1.07. The van der Waals surface area contributed by atoms with Crippen LogP contribution in [0.3, 0.4) is 0 Å². The van der Waals surface area contributed by atoms with E-state index in [0.29, 0.717) is 0 Å². The molecule has 0 bridgehead atoms. The molecule has 2 unspecified atom stereocenters. The predicted octanol–water partition coefficient (Wildman–Crippen LogP) is 0.110. The number of hydrogen-bond acceptors (Lipinski definition) is 6. The number of rotatable bonds is 5. The molecule has 88 valence electrons. The molecule has 1 aromatic heterocycles. The third kappa shape index (κ3) is 3.14. The minimum atomic E-state index is -0.685. The van der Waals surface area contributed by atoms with Crippen LogP contribution < -0.4 is 11.1 Å². The molecule has 7 nitrogen and oxygen atoms in total. The maximum absolute atomic E-state index is 10.6. The number of aromatic nitrogens is 1. The maximum Gasteiger partial charge on any atom is 0.311 e. The van der Waals surface area contributed by atoms with Crippen molar-refractivity contribution in [2.45, 2.75) is 19.1 Å². The lowest BCUT2D eigenvalue weighted by Gasteiger charge is -2.15. The normalized spacial score (nSPS) is 14.2. The number of nitrogens with zero attached hydrogens (tertiary/aromatic N) is 2. The molecule has 0 aliphatic carbocycles. The summed E-state index contributed by atoms with van der Waals surface area (Å²) in [5.41, 5.74) is 5.47. The van der Waals surface area contributed by atoms with E-state index in [2.05, 4.69) is 10.3 Å². The zero-order valence-corrected chi connectivity index (χ0v) is 8.83. The number of pyridine rings is 1. The van der Waals surface area contributed by atoms with Crippen molar-refractivity contribution < 1.29 is 10.0 Å². The number of nitrogens with one attached hydrogen (secondary N) is 1. The van der Waals surface area contributed by atoms with Crippen LogP contribution in [0.1, 0.15) is 6.92 Å². The van der Waals surface area contributed by atoms with Crippen LogP contribution in [0.4, 0.5) is 11.5 Å². The summed E-state index contributed by atoms with van der Waals surface area (Å²) in [5.74, 6) is 0.156. The molecule has 0 spiro atoms. The molecular weight excluding hydrogens is 212 g/mol. The number of aliphatic hydroxyl groups is 1. The van der Waals surface area contributed by atoms with Crippen LogP contribution in [-0.2, 0) is 0 Å². The maximum atomic E-state index is 10.6. The van der Waals surface area contributed by atoms with Gasteiger partial charge in [0.2, 0.25) is 5.82 Å². The topological polar surface area (TPSA) is 114 Å². The second-order valence-electron chi connectivity index (χ2n) is 3.41. The molecule has 0 aliphatic heterocycles. The van der Waals surface area contributed by atoms with Gasteiger partial charge in [0, 0.05) is 24.8 Å². The second kappa shape index (κ2) is 5.38. The van der Waals surface area contributed by atoms with E-state index in [1.165, 1.54) is 18.3 Å². The van der Waals surface area contributed by atoms with E-state index in [-0.39, 0.29) is 18.1 Å². The van der Waals surface area contributed by atoms with Gasteiger partial charge in [-0.25, -0.2) is 4.98 Å². The molecule has 0 aliphatic rings. The van der Waals surface area contributed by atoms with E-state index in [4.69, 9.17) is 10.8 Å². The van der Waals surface area contributed by atoms with E-state index in [0.717, 1.165) is 0 Å². The SMILES string of the molecule is CC(O)C(N)CNc1ncccc1[N+](=O)[O-]. The van der Waals surface area contributed by atoms with Crippen molar-refractivity contribution in [3.05, 3.63) is 28.4 Å². The molecule has 0 radical (unpaired) electrons. The van der Waals surface area contributed by atoms with Crippen LogP contribution in [0, 0.1) is 10.1 Å². The van der Waals surface area contributed by atoms with Gasteiger partial charge in [0.1, 0.15) is 0 Å². The minimum absolute atomic E-state index is 0.111. The Kier molecular flexibility index (Phi) is 4.15. The van der Waals surface area contributed by atoms with Gasteiger partial charge in [0.25, 0.3) is 0 Å². The number of nitrogens with two attached hydrogens (primary N) is 1. The van der Waals surface area contributed by atoms with Crippen LogP contribution in [0.15, 0.2) is 18.3 Å². The van der Waals surface area contributed by atoms with Crippen molar-refractivity contribution >= 4 is 11.5 Å². The van der Waals surface area contributed by atoms with Crippen LogP contribution >= 0.6 is 0 Å². The highest BCUT2D eigenvalue weighted by atomic mass is 16.6. The van der Waals surface area contributed by atoms with Crippen LogP contribution in [-0.4, -0.2) is 33.7 Å². The summed E-state index contributed by atoms with van der Waals surface area (Å²) in [6, 6.07) is 2.34. The lowest BCUT2D eigenvalue weighted by atomic mass is 10.2.